The first kappa shape index (κ1) is 12.0. The SMILES string of the molecule is C=CCc1ccccc1.c1ccc2[nH]nnc2c1. The Bertz CT molecular complexity index is 569. The van der Waals surface area contributed by atoms with Crippen LogP contribution in [0.25, 0.3) is 11.0 Å². The summed E-state index contributed by atoms with van der Waals surface area (Å²) in [5.74, 6) is 0. The zero-order chi connectivity index (χ0) is 12.6. The second-order valence-electron chi connectivity index (χ2n) is 3.81. The topological polar surface area (TPSA) is 41.6 Å². The molecule has 0 radical (unpaired) electrons. The number of para-hydroxylation sites is 1. The number of rotatable bonds is 2. The molecule has 0 bridgehead atoms. The molecule has 1 N–H and O–H groups in total. The Hall–Kier alpha value is -2.42. The van der Waals surface area contributed by atoms with Crippen LogP contribution in [0.3, 0.4) is 0 Å². The molecular weight excluding hydrogens is 222 g/mol. The van der Waals surface area contributed by atoms with E-state index < -0.39 is 0 Å². The summed E-state index contributed by atoms with van der Waals surface area (Å²) in [5, 5.41) is 10.2. The summed E-state index contributed by atoms with van der Waals surface area (Å²) in [6.07, 6.45) is 2.89. The minimum atomic E-state index is 0.914. The quantitative estimate of drug-likeness (QED) is 0.694. The molecule has 0 spiro atoms. The van der Waals surface area contributed by atoms with Crippen molar-refractivity contribution >= 4 is 11.0 Å². The third-order valence-electron chi connectivity index (χ3n) is 2.46. The molecule has 0 saturated carbocycles. The molecule has 0 atom stereocenters. The molecule has 3 aromatic rings. The average molecular weight is 237 g/mol. The Kier molecular flexibility index (Phi) is 4.25. The Morgan fingerprint density at radius 1 is 1.00 bits per heavy atom. The number of allylic oxidation sites excluding steroid dienone is 1. The zero-order valence-electron chi connectivity index (χ0n) is 10.1. The molecule has 3 rings (SSSR count). The zero-order valence-corrected chi connectivity index (χ0v) is 10.1. The van der Waals surface area contributed by atoms with Gasteiger partial charge in [-0.1, -0.05) is 53.8 Å². The van der Waals surface area contributed by atoms with Crippen molar-refractivity contribution in [3.63, 3.8) is 0 Å². The summed E-state index contributed by atoms with van der Waals surface area (Å²) in [5.41, 5.74) is 3.22. The lowest BCUT2D eigenvalue weighted by molar-refractivity contribution is 0.959. The normalized spacial score (nSPS) is 9.56. The number of nitrogens with one attached hydrogen (secondary N) is 1. The van der Waals surface area contributed by atoms with Crippen molar-refractivity contribution in [3.05, 3.63) is 72.8 Å². The molecule has 0 fully saturated rings. The summed E-state index contributed by atoms with van der Waals surface area (Å²) in [7, 11) is 0. The van der Waals surface area contributed by atoms with Crippen molar-refractivity contribution < 1.29 is 0 Å². The van der Waals surface area contributed by atoms with E-state index in [9.17, 15) is 0 Å². The minimum Gasteiger partial charge on any atom is -0.258 e. The van der Waals surface area contributed by atoms with Crippen molar-refractivity contribution in [1.82, 2.24) is 15.4 Å². The first-order chi connectivity index (χ1) is 8.90. The Labute approximate surface area is 106 Å². The first-order valence-electron chi connectivity index (χ1n) is 5.81. The highest BCUT2D eigenvalue weighted by Gasteiger charge is 1.90. The van der Waals surface area contributed by atoms with Gasteiger partial charge in [-0.15, -0.1) is 11.7 Å². The van der Waals surface area contributed by atoms with Crippen molar-refractivity contribution in [2.75, 3.05) is 0 Å². The van der Waals surface area contributed by atoms with E-state index in [1.54, 1.807) is 0 Å². The van der Waals surface area contributed by atoms with Crippen LogP contribution in [-0.2, 0) is 6.42 Å². The predicted octanol–water partition coefficient (Wildman–Crippen LogP) is 3.37. The van der Waals surface area contributed by atoms with Crippen molar-refractivity contribution in [2.24, 2.45) is 0 Å². The maximum Gasteiger partial charge on any atom is 0.112 e. The van der Waals surface area contributed by atoms with Gasteiger partial charge in [0.05, 0.1) is 5.52 Å². The third kappa shape index (κ3) is 3.28. The Morgan fingerprint density at radius 2 is 1.72 bits per heavy atom. The highest BCUT2D eigenvalue weighted by Crippen LogP contribution is 2.03. The van der Waals surface area contributed by atoms with Crippen molar-refractivity contribution in [2.45, 2.75) is 6.42 Å². The van der Waals surface area contributed by atoms with Crippen LogP contribution in [0.1, 0.15) is 5.56 Å². The number of aromatic nitrogens is 3. The number of nitrogens with zero attached hydrogens (tertiary/aromatic N) is 2. The summed E-state index contributed by atoms with van der Waals surface area (Å²) >= 11 is 0. The number of hydrogen-bond acceptors (Lipinski definition) is 2. The molecule has 0 aliphatic rings. The molecule has 0 amide bonds. The van der Waals surface area contributed by atoms with Gasteiger partial charge in [-0.25, -0.2) is 0 Å². The molecule has 0 aliphatic heterocycles. The fourth-order valence-corrected chi connectivity index (χ4v) is 1.57. The van der Waals surface area contributed by atoms with Gasteiger partial charge < -0.3 is 0 Å². The lowest BCUT2D eigenvalue weighted by Crippen LogP contribution is -1.75. The summed E-state index contributed by atoms with van der Waals surface area (Å²) in [6.45, 7) is 3.66. The maximum atomic E-state index is 3.81. The van der Waals surface area contributed by atoms with E-state index in [0.29, 0.717) is 0 Å². The summed E-state index contributed by atoms with van der Waals surface area (Å²) in [6, 6.07) is 18.0. The van der Waals surface area contributed by atoms with E-state index in [1.807, 2.05) is 48.5 Å². The smallest absolute Gasteiger partial charge is 0.112 e. The van der Waals surface area contributed by atoms with Gasteiger partial charge in [0.15, 0.2) is 0 Å². The van der Waals surface area contributed by atoms with E-state index in [2.05, 4.69) is 34.1 Å². The molecular formula is C15H15N3. The molecule has 3 nitrogen and oxygen atoms in total. The van der Waals surface area contributed by atoms with Crippen LogP contribution >= 0.6 is 0 Å². The predicted molar refractivity (Wildman–Crippen MR) is 74.2 cm³/mol. The van der Waals surface area contributed by atoms with E-state index >= 15 is 0 Å². The lowest BCUT2D eigenvalue weighted by atomic mass is 10.2. The van der Waals surface area contributed by atoms with Crippen LogP contribution in [0.2, 0.25) is 0 Å². The highest BCUT2D eigenvalue weighted by atomic mass is 15.3. The van der Waals surface area contributed by atoms with Crippen LogP contribution < -0.4 is 0 Å². The van der Waals surface area contributed by atoms with Gasteiger partial charge in [0.25, 0.3) is 0 Å². The van der Waals surface area contributed by atoms with Crippen LogP contribution in [0.4, 0.5) is 0 Å². The van der Waals surface area contributed by atoms with E-state index in [0.717, 1.165) is 17.5 Å². The largest absolute Gasteiger partial charge is 0.258 e. The van der Waals surface area contributed by atoms with Crippen LogP contribution in [0.15, 0.2) is 67.3 Å². The van der Waals surface area contributed by atoms with Gasteiger partial charge in [-0.05, 0) is 24.1 Å². The number of H-pyrrole nitrogens is 1. The second-order valence-corrected chi connectivity index (χ2v) is 3.81. The van der Waals surface area contributed by atoms with Gasteiger partial charge in [-0.3, -0.25) is 5.10 Å². The van der Waals surface area contributed by atoms with Crippen LogP contribution in [-0.4, -0.2) is 15.4 Å². The minimum absolute atomic E-state index is 0.914. The fourth-order valence-electron chi connectivity index (χ4n) is 1.57. The van der Waals surface area contributed by atoms with E-state index in [4.69, 9.17) is 0 Å². The molecule has 90 valence electrons. The van der Waals surface area contributed by atoms with Crippen molar-refractivity contribution in [3.8, 4) is 0 Å². The molecule has 0 unspecified atom stereocenters. The Morgan fingerprint density at radius 3 is 2.44 bits per heavy atom. The molecule has 0 aliphatic carbocycles. The number of hydrogen-bond donors (Lipinski definition) is 1. The monoisotopic (exact) mass is 237 g/mol. The number of aromatic amines is 1. The van der Waals surface area contributed by atoms with E-state index in [-0.39, 0.29) is 0 Å². The number of fused-ring (bicyclic) bond motifs is 1. The molecule has 1 aromatic heterocycles. The lowest BCUT2D eigenvalue weighted by Gasteiger charge is -1.91. The van der Waals surface area contributed by atoms with Gasteiger partial charge in [-0.2, -0.15) is 0 Å². The third-order valence-corrected chi connectivity index (χ3v) is 2.46. The van der Waals surface area contributed by atoms with Gasteiger partial charge in [0.1, 0.15) is 5.52 Å². The molecule has 0 saturated heterocycles. The summed E-state index contributed by atoms with van der Waals surface area (Å²) in [4.78, 5) is 0. The molecule has 18 heavy (non-hydrogen) atoms. The standard InChI is InChI=1S/C9H10.C6H5N3/c1-2-6-9-7-4-3-5-8-9;1-2-4-6-5(3-1)7-9-8-6/h2-5,7-8H,1,6H2;1-4H,(H,7,8,9). The Balaban J connectivity index is 0.000000134. The van der Waals surface area contributed by atoms with E-state index in [1.165, 1.54) is 5.56 Å². The molecule has 1 heterocycles. The average Bonchev–Trinajstić information content (AvgIpc) is 2.89. The van der Waals surface area contributed by atoms with Crippen LogP contribution in [0.5, 0.6) is 0 Å². The second kappa shape index (κ2) is 6.35. The van der Waals surface area contributed by atoms with Gasteiger partial charge >= 0.3 is 0 Å². The summed E-state index contributed by atoms with van der Waals surface area (Å²) < 4.78 is 0. The van der Waals surface area contributed by atoms with Gasteiger partial charge in [0, 0.05) is 0 Å². The highest BCUT2D eigenvalue weighted by molar-refractivity contribution is 5.72. The molecule has 3 heteroatoms. The maximum absolute atomic E-state index is 3.81. The molecule has 2 aromatic carbocycles. The van der Waals surface area contributed by atoms with Gasteiger partial charge in [0.2, 0.25) is 0 Å². The fraction of sp³-hybridized carbons (Fsp3) is 0.0667. The van der Waals surface area contributed by atoms with Crippen molar-refractivity contribution in [1.29, 1.82) is 0 Å². The first-order valence-corrected chi connectivity index (χ1v) is 5.81. The number of benzene rings is 2. The van der Waals surface area contributed by atoms with Crippen LogP contribution in [0, 0.1) is 0 Å².